The molecular weight excluding hydrogens is 246 g/mol. The van der Waals surface area contributed by atoms with Crippen molar-refractivity contribution in [3.63, 3.8) is 0 Å². The SMILES string of the molecule is CCCc1ccc(NC2COCc3ccccc32)cc1. The van der Waals surface area contributed by atoms with Gasteiger partial charge in [-0.25, -0.2) is 0 Å². The number of benzene rings is 2. The number of hydrogen-bond acceptors (Lipinski definition) is 2. The van der Waals surface area contributed by atoms with Gasteiger partial charge in [0.05, 0.1) is 19.3 Å². The van der Waals surface area contributed by atoms with Gasteiger partial charge in [0, 0.05) is 5.69 Å². The fourth-order valence-corrected chi connectivity index (χ4v) is 2.76. The molecule has 0 aromatic heterocycles. The van der Waals surface area contributed by atoms with E-state index in [9.17, 15) is 0 Å². The number of ether oxygens (including phenoxy) is 1. The zero-order valence-electron chi connectivity index (χ0n) is 11.9. The van der Waals surface area contributed by atoms with Gasteiger partial charge in [-0.15, -0.1) is 0 Å². The average molecular weight is 267 g/mol. The number of nitrogens with one attached hydrogen (secondary N) is 1. The Morgan fingerprint density at radius 2 is 1.90 bits per heavy atom. The van der Waals surface area contributed by atoms with Crippen LogP contribution in [0.15, 0.2) is 48.5 Å². The Hall–Kier alpha value is -1.80. The highest BCUT2D eigenvalue weighted by Gasteiger charge is 2.19. The second kappa shape index (κ2) is 6.10. The van der Waals surface area contributed by atoms with Crippen LogP contribution in [0.2, 0.25) is 0 Å². The van der Waals surface area contributed by atoms with Gasteiger partial charge in [0.15, 0.2) is 0 Å². The van der Waals surface area contributed by atoms with Crippen LogP contribution in [-0.2, 0) is 17.8 Å². The van der Waals surface area contributed by atoms with E-state index in [2.05, 4.69) is 60.8 Å². The van der Waals surface area contributed by atoms with Crippen molar-refractivity contribution in [3.05, 3.63) is 65.2 Å². The fraction of sp³-hybridized carbons (Fsp3) is 0.333. The van der Waals surface area contributed by atoms with Crippen molar-refractivity contribution in [3.8, 4) is 0 Å². The highest BCUT2D eigenvalue weighted by Crippen LogP contribution is 2.27. The first-order chi connectivity index (χ1) is 9.86. The molecule has 2 aromatic carbocycles. The van der Waals surface area contributed by atoms with E-state index < -0.39 is 0 Å². The maximum absolute atomic E-state index is 5.68. The Bertz CT molecular complexity index is 562. The summed E-state index contributed by atoms with van der Waals surface area (Å²) in [4.78, 5) is 0. The molecular formula is C18H21NO. The van der Waals surface area contributed by atoms with Crippen molar-refractivity contribution in [1.82, 2.24) is 0 Å². The lowest BCUT2D eigenvalue weighted by Gasteiger charge is -2.27. The minimum Gasteiger partial charge on any atom is -0.376 e. The third-order valence-corrected chi connectivity index (χ3v) is 3.81. The number of anilines is 1. The van der Waals surface area contributed by atoms with Gasteiger partial charge in [0.25, 0.3) is 0 Å². The molecule has 3 rings (SSSR count). The average Bonchev–Trinajstić information content (AvgIpc) is 2.50. The summed E-state index contributed by atoms with van der Waals surface area (Å²) in [6, 6.07) is 17.5. The summed E-state index contributed by atoms with van der Waals surface area (Å²) in [5, 5.41) is 3.58. The number of fused-ring (bicyclic) bond motifs is 1. The lowest BCUT2D eigenvalue weighted by Crippen LogP contribution is -2.23. The minimum atomic E-state index is 0.247. The van der Waals surface area contributed by atoms with Crippen LogP contribution in [0, 0.1) is 0 Å². The van der Waals surface area contributed by atoms with E-state index in [4.69, 9.17) is 4.74 Å². The van der Waals surface area contributed by atoms with Crippen molar-refractivity contribution in [2.75, 3.05) is 11.9 Å². The highest BCUT2D eigenvalue weighted by molar-refractivity contribution is 5.48. The van der Waals surface area contributed by atoms with E-state index in [0.29, 0.717) is 0 Å². The summed E-state index contributed by atoms with van der Waals surface area (Å²) in [5.41, 5.74) is 5.21. The van der Waals surface area contributed by atoms with E-state index in [1.807, 2.05) is 0 Å². The minimum absolute atomic E-state index is 0.247. The predicted molar refractivity (Wildman–Crippen MR) is 82.9 cm³/mol. The summed E-state index contributed by atoms with van der Waals surface area (Å²) in [7, 11) is 0. The van der Waals surface area contributed by atoms with Gasteiger partial charge in [-0.2, -0.15) is 0 Å². The van der Waals surface area contributed by atoms with Gasteiger partial charge in [0.1, 0.15) is 0 Å². The summed E-state index contributed by atoms with van der Waals surface area (Å²) in [6.07, 6.45) is 2.34. The Morgan fingerprint density at radius 3 is 2.70 bits per heavy atom. The van der Waals surface area contributed by atoms with E-state index >= 15 is 0 Å². The van der Waals surface area contributed by atoms with Crippen LogP contribution in [0.5, 0.6) is 0 Å². The summed E-state index contributed by atoms with van der Waals surface area (Å²) >= 11 is 0. The van der Waals surface area contributed by atoms with Gasteiger partial charge in [-0.1, -0.05) is 49.7 Å². The molecule has 2 aromatic rings. The van der Waals surface area contributed by atoms with E-state index in [0.717, 1.165) is 25.3 Å². The van der Waals surface area contributed by atoms with Gasteiger partial charge < -0.3 is 10.1 Å². The van der Waals surface area contributed by atoms with Crippen molar-refractivity contribution < 1.29 is 4.74 Å². The van der Waals surface area contributed by atoms with Crippen LogP contribution in [0.1, 0.15) is 36.1 Å². The topological polar surface area (TPSA) is 21.3 Å². The summed E-state index contributed by atoms with van der Waals surface area (Å²) in [5.74, 6) is 0. The standard InChI is InChI=1S/C18H21NO/c1-2-5-14-8-10-16(11-9-14)19-18-13-20-12-15-6-3-4-7-17(15)18/h3-4,6-11,18-19H,2,5,12-13H2,1H3. The van der Waals surface area contributed by atoms with Crippen LogP contribution in [0.25, 0.3) is 0 Å². The number of rotatable bonds is 4. The molecule has 0 bridgehead atoms. The van der Waals surface area contributed by atoms with E-state index in [1.54, 1.807) is 0 Å². The molecule has 2 heteroatoms. The van der Waals surface area contributed by atoms with Crippen LogP contribution in [0.4, 0.5) is 5.69 Å². The number of hydrogen-bond donors (Lipinski definition) is 1. The molecule has 0 radical (unpaired) electrons. The maximum atomic E-state index is 5.68. The zero-order valence-corrected chi connectivity index (χ0v) is 11.9. The maximum Gasteiger partial charge on any atom is 0.0751 e. The quantitative estimate of drug-likeness (QED) is 0.890. The Kier molecular flexibility index (Phi) is 4.03. The predicted octanol–water partition coefficient (Wildman–Crippen LogP) is 4.32. The highest BCUT2D eigenvalue weighted by atomic mass is 16.5. The van der Waals surface area contributed by atoms with Crippen molar-refractivity contribution in [1.29, 1.82) is 0 Å². The van der Waals surface area contributed by atoms with Crippen molar-refractivity contribution in [2.24, 2.45) is 0 Å². The Morgan fingerprint density at radius 1 is 1.10 bits per heavy atom. The molecule has 1 heterocycles. The molecule has 0 amide bonds. The normalized spacial score (nSPS) is 17.6. The fourth-order valence-electron chi connectivity index (χ4n) is 2.76. The molecule has 0 aliphatic carbocycles. The molecule has 0 fully saturated rings. The first-order valence-corrected chi connectivity index (χ1v) is 7.38. The third-order valence-electron chi connectivity index (χ3n) is 3.81. The molecule has 1 unspecified atom stereocenters. The molecule has 1 N–H and O–H groups in total. The molecule has 0 saturated heterocycles. The number of aryl methyl sites for hydroxylation is 1. The van der Waals surface area contributed by atoms with Crippen LogP contribution >= 0.6 is 0 Å². The molecule has 20 heavy (non-hydrogen) atoms. The van der Waals surface area contributed by atoms with Gasteiger partial charge >= 0.3 is 0 Å². The van der Waals surface area contributed by atoms with Crippen LogP contribution in [-0.4, -0.2) is 6.61 Å². The zero-order chi connectivity index (χ0) is 13.8. The molecule has 0 spiro atoms. The second-order valence-corrected chi connectivity index (χ2v) is 5.36. The molecule has 1 aliphatic rings. The largest absolute Gasteiger partial charge is 0.376 e. The van der Waals surface area contributed by atoms with Crippen molar-refractivity contribution >= 4 is 5.69 Å². The molecule has 2 nitrogen and oxygen atoms in total. The molecule has 1 atom stereocenters. The van der Waals surface area contributed by atoms with Gasteiger partial charge in [0.2, 0.25) is 0 Å². The van der Waals surface area contributed by atoms with Crippen LogP contribution < -0.4 is 5.32 Å². The first-order valence-electron chi connectivity index (χ1n) is 7.38. The van der Waals surface area contributed by atoms with Crippen molar-refractivity contribution in [2.45, 2.75) is 32.4 Å². The van der Waals surface area contributed by atoms with Crippen LogP contribution in [0.3, 0.4) is 0 Å². The molecule has 104 valence electrons. The summed E-state index contributed by atoms with van der Waals surface area (Å²) < 4.78 is 5.68. The molecule has 1 aliphatic heterocycles. The first kappa shape index (κ1) is 13.2. The summed E-state index contributed by atoms with van der Waals surface area (Å²) in [6.45, 7) is 3.67. The molecule has 0 saturated carbocycles. The smallest absolute Gasteiger partial charge is 0.0751 e. The van der Waals surface area contributed by atoms with E-state index in [-0.39, 0.29) is 6.04 Å². The monoisotopic (exact) mass is 267 g/mol. The van der Waals surface area contributed by atoms with E-state index in [1.165, 1.54) is 23.1 Å². The Labute approximate surface area is 120 Å². The van der Waals surface area contributed by atoms with Gasteiger partial charge in [-0.05, 0) is 35.2 Å². The van der Waals surface area contributed by atoms with Gasteiger partial charge in [-0.3, -0.25) is 0 Å². The Balaban J connectivity index is 1.75. The second-order valence-electron chi connectivity index (χ2n) is 5.36. The third kappa shape index (κ3) is 2.86. The lowest BCUT2D eigenvalue weighted by molar-refractivity contribution is 0.0970. The lowest BCUT2D eigenvalue weighted by atomic mass is 9.99.